The van der Waals surface area contributed by atoms with E-state index >= 15 is 0 Å². The van der Waals surface area contributed by atoms with Gasteiger partial charge in [0.15, 0.2) is 0 Å². The largest absolute Gasteiger partial charge is 0.374 e. The molecule has 110 valence electrons. The van der Waals surface area contributed by atoms with Crippen LogP contribution in [0.1, 0.15) is 44.9 Å². The van der Waals surface area contributed by atoms with Crippen molar-refractivity contribution in [2.75, 3.05) is 6.54 Å². The maximum atomic E-state index is 12.8. The number of rotatable bonds is 0. The molecule has 4 aliphatic heterocycles. The number of aliphatic hydroxyl groups is 1. The zero-order chi connectivity index (χ0) is 13.9. The average Bonchev–Trinajstić information content (AvgIpc) is 2.45. The first-order chi connectivity index (χ1) is 9.66. The zero-order valence-corrected chi connectivity index (χ0v) is 11.7. The van der Waals surface area contributed by atoms with Gasteiger partial charge >= 0.3 is 0 Å². The van der Waals surface area contributed by atoms with E-state index < -0.39 is 6.23 Å². The molecular weight excluding hydrogens is 256 g/mol. The van der Waals surface area contributed by atoms with Gasteiger partial charge in [0, 0.05) is 25.0 Å². The Kier molecular flexibility index (Phi) is 2.81. The highest BCUT2D eigenvalue weighted by Crippen LogP contribution is 2.44. The average molecular weight is 278 g/mol. The Morgan fingerprint density at radius 2 is 1.85 bits per heavy atom. The summed E-state index contributed by atoms with van der Waals surface area (Å²) in [5.41, 5.74) is 0. The molecule has 5 nitrogen and oxygen atoms in total. The molecule has 0 saturated carbocycles. The van der Waals surface area contributed by atoms with Crippen LogP contribution in [0.2, 0.25) is 0 Å². The number of carbonyl (C=O) groups excluding carboxylic acids is 2. The van der Waals surface area contributed by atoms with Crippen molar-refractivity contribution in [1.82, 2.24) is 9.80 Å². The van der Waals surface area contributed by atoms with Crippen molar-refractivity contribution in [3.63, 3.8) is 0 Å². The molecule has 0 aromatic carbocycles. The number of aliphatic hydroxyl groups excluding tert-OH is 1. The number of nitrogens with zero attached hydrogens (tertiary/aromatic N) is 2. The predicted octanol–water partition coefficient (Wildman–Crippen LogP) is 0.717. The van der Waals surface area contributed by atoms with E-state index in [0.717, 1.165) is 38.6 Å². The van der Waals surface area contributed by atoms with E-state index in [1.54, 1.807) is 4.90 Å². The fraction of sp³-hybridized carbons (Fsp3) is 0.867. The Balaban J connectivity index is 1.68. The van der Waals surface area contributed by atoms with Gasteiger partial charge in [0.1, 0.15) is 6.23 Å². The standard InChI is InChI=1S/C15H22N2O3/c18-13-5-2-4-12-10-7-9(8-16(12)13)11-3-1-6-14(19)17(11)15(10)20/h9-12,14,19H,1-8H2/t9-,10+,11+,12+,14-/m0/s1. The van der Waals surface area contributed by atoms with Gasteiger partial charge in [-0.05, 0) is 44.4 Å². The summed E-state index contributed by atoms with van der Waals surface area (Å²) >= 11 is 0. The molecule has 5 heteroatoms. The maximum Gasteiger partial charge on any atom is 0.230 e. The van der Waals surface area contributed by atoms with Crippen LogP contribution < -0.4 is 0 Å². The summed E-state index contributed by atoms with van der Waals surface area (Å²) in [6, 6.07) is 0.244. The highest BCUT2D eigenvalue weighted by molar-refractivity contribution is 5.84. The number of hydrogen-bond acceptors (Lipinski definition) is 3. The van der Waals surface area contributed by atoms with Gasteiger partial charge in [-0.15, -0.1) is 0 Å². The maximum absolute atomic E-state index is 12.8. The summed E-state index contributed by atoms with van der Waals surface area (Å²) in [7, 11) is 0. The van der Waals surface area contributed by atoms with Crippen LogP contribution in [0, 0.1) is 11.8 Å². The van der Waals surface area contributed by atoms with E-state index in [4.69, 9.17) is 0 Å². The SMILES string of the molecule is O=C1CCC[C@@H]2[C@H]3C[C@@H](CN12)[C@H]1CCC[C@H](O)N1C3=O. The normalized spacial score (nSPS) is 44.1. The molecule has 4 heterocycles. The number of fused-ring (bicyclic) bond motifs is 6. The minimum absolute atomic E-state index is 0.0676. The van der Waals surface area contributed by atoms with Gasteiger partial charge in [0.25, 0.3) is 0 Å². The Bertz CT molecular complexity index is 452. The van der Waals surface area contributed by atoms with E-state index in [-0.39, 0.29) is 29.8 Å². The first-order valence-electron chi connectivity index (χ1n) is 7.96. The van der Waals surface area contributed by atoms with Crippen molar-refractivity contribution in [3.8, 4) is 0 Å². The van der Waals surface area contributed by atoms with Gasteiger partial charge in [0.2, 0.25) is 11.8 Å². The molecule has 20 heavy (non-hydrogen) atoms. The topological polar surface area (TPSA) is 60.9 Å². The van der Waals surface area contributed by atoms with E-state index in [9.17, 15) is 14.7 Å². The smallest absolute Gasteiger partial charge is 0.230 e. The van der Waals surface area contributed by atoms with Crippen LogP contribution in [-0.4, -0.2) is 51.6 Å². The minimum Gasteiger partial charge on any atom is -0.374 e. The van der Waals surface area contributed by atoms with Crippen molar-refractivity contribution >= 4 is 11.8 Å². The number of carbonyl (C=O) groups is 2. The van der Waals surface area contributed by atoms with E-state index in [1.165, 1.54) is 0 Å². The van der Waals surface area contributed by atoms with Gasteiger partial charge in [-0.1, -0.05) is 0 Å². The summed E-state index contributed by atoms with van der Waals surface area (Å²) in [4.78, 5) is 28.7. The van der Waals surface area contributed by atoms with Crippen molar-refractivity contribution < 1.29 is 14.7 Å². The number of amides is 2. The quantitative estimate of drug-likeness (QED) is 0.710. The van der Waals surface area contributed by atoms with E-state index in [0.29, 0.717) is 18.8 Å². The first kappa shape index (κ1) is 12.6. The third-order valence-electron chi connectivity index (χ3n) is 5.82. The Labute approximate surface area is 118 Å². The van der Waals surface area contributed by atoms with Gasteiger partial charge in [-0.3, -0.25) is 9.59 Å². The Morgan fingerprint density at radius 3 is 2.70 bits per heavy atom. The lowest BCUT2D eigenvalue weighted by Gasteiger charge is -2.57. The molecule has 0 unspecified atom stereocenters. The molecule has 2 amide bonds. The number of hydrogen-bond donors (Lipinski definition) is 1. The molecular formula is C15H22N2O3. The second-order valence-corrected chi connectivity index (χ2v) is 6.83. The molecule has 0 aromatic rings. The third-order valence-corrected chi connectivity index (χ3v) is 5.82. The Hall–Kier alpha value is -1.10. The molecule has 4 rings (SSSR count). The molecule has 5 atom stereocenters. The van der Waals surface area contributed by atoms with Crippen molar-refractivity contribution in [2.24, 2.45) is 11.8 Å². The van der Waals surface area contributed by atoms with Crippen LogP contribution in [0.15, 0.2) is 0 Å². The summed E-state index contributed by atoms with van der Waals surface area (Å²) in [6.07, 6.45) is 5.47. The van der Waals surface area contributed by atoms with E-state index in [1.807, 2.05) is 4.90 Å². The van der Waals surface area contributed by atoms with Crippen molar-refractivity contribution in [1.29, 1.82) is 0 Å². The van der Waals surface area contributed by atoms with Crippen LogP contribution in [0.3, 0.4) is 0 Å². The molecule has 1 N–H and O–H groups in total. The highest BCUT2D eigenvalue weighted by Gasteiger charge is 2.53. The fourth-order valence-corrected chi connectivity index (χ4v) is 4.93. The Morgan fingerprint density at radius 1 is 1.05 bits per heavy atom. The van der Waals surface area contributed by atoms with Gasteiger partial charge in [-0.25, -0.2) is 0 Å². The van der Waals surface area contributed by atoms with Crippen molar-refractivity contribution in [3.05, 3.63) is 0 Å². The van der Waals surface area contributed by atoms with Crippen LogP contribution in [0.5, 0.6) is 0 Å². The fourth-order valence-electron chi connectivity index (χ4n) is 4.93. The molecule has 0 spiro atoms. The van der Waals surface area contributed by atoms with Crippen LogP contribution >= 0.6 is 0 Å². The van der Waals surface area contributed by atoms with Gasteiger partial charge < -0.3 is 14.9 Å². The molecule has 4 aliphatic rings. The van der Waals surface area contributed by atoms with Crippen molar-refractivity contribution in [2.45, 2.75) is 63.3 Å². The summed E-state index contributed by atoms with van der Waals surface area (Å²) in [6.45, 7) is 0.793. The lowest BCUT2D eigenvalue weighted by molar-refractivity contribution is -0.181. The minimum atomic E-state index is -0.600. The first-order valence-corrected chi connectivity index (χ1v) is 7.96. The molecule has 0 aromatic heterocycles. The summed E-state index contributed by atoms with van der Waals surface area (Å²) in [5, 5.41) is 10.2. The monoisotopic (exact) mass is 278 g/mol. The second-order valence-electron chi connectivity index (χ2n) is 6.83. The molecule has 0 aliphatic carbocycles. The molecule has 2 bridgehead atoms. The van der Waals surface area contributed by atoms with Gasteiger partial charge in [0.05, 0.1) is 5.92 Å². The third kappa shape index (κ3) is 1.65. The highest BCUT2D eigenvalue weighted by atomic mass is 16.3. The second kappa shape index (κ2) is 4.45. The molecule has 0 radical (unpaired) electrons. The van der Waals surface area contributed by atoms with Crippen LogP contribution in [-0.2, 0) is 9.59 Å². The zero-order valence-electron chi connectivity index (χ0n) is 11.7. The molecule has 4 fully saturated rings. The van der Waals surface area contributed by atoms with Crippen LogP contribution in [0.25, 0.3) is 0 Å². The predicted molar refractivity (Wildman–Crippen MR) is 71.4 cm³/mol. The molecule has 4 saturated heterocycles. The van der Waals surface area contributed by atoms with Crippen LogP contribution in [0.4, 0.5) is 0 Å². The lowest BCUT2D eigenvalue weighted by Crippen LogP contribution is -2.68. The summed E-state index contributed by atoms with van der Waals surface area (Å²) in [5.74, 6) is 0.629. The van der Waals surface area contributed by atoms with Gasteiger partial charge in [-0.2, -0.15) is 0 Å². The number of piperidine rings is 4. The lowest BCUT2D eigenvalue weighted by atomic mass is 9.70. The van der Waals surface area contributed by atoms with E-state index in [2.05, 4.69) is 0 Å². The summed E-state index contributed by atoms with van der Waals surface area (Å²) < 4.78 is 0.